The Kier molecular flexibility index (Phi) is 3.72. The third-order valence-corrected chi connectivity index (χ3v) is 2.75. The minimum Gasteiger partial charge on any atom is -0.351 e. The van der Waals surface area contributed by atoms with E-state index in [4.69, 9.17) is 0 Å². The van der Waals surface area contributed by atoms with E-state index in [9.17, 15) is 9.59 Å². The van der Waals surface area contributed by atoms with Crippen LogP contribution >= 0.6 is 0 Å². The third-order valence-electron chi connectivity index (χ3n) is 2.75. The number of rotatable bonds is 3. The smallest absolute Gasteiger partial charge is 0.267 e. The maximum absolute atomic E-state index is 11.4. The predicted octanol–water partition coefficient (Wildman–Crippen LogP) is 1.57. The van der Waals surface area contributed by atoms with Crippen molar-refractivity contribution >= 4 is 23.1 Å². The monoisotopic (exact) mass is 245 g/mol. The third kappa shape index (κ3) is 2.94. The molecule has 5 heteroatoms. The first-order chi connectivity index (χ1) is 8.66. The van der Waals surface area contributed by atoms with E-state index in [1.54, 1.807) is 24.3 Å². The zero-order chi connectivity index (χ0) is 13.0. The SMILES string of the molecule is CC(=O)c1ccc(N/N=C2\CCCNC2=O)cc1. The Bertz CT molecular complexity index is 491. The van der Waals surface area contributed by atoms with Crippen LogP contribution in [0.15, 0.2) is 29.4 Å². The lowest BCUT2D eigenvalue weighted by atomic mass is 10.1. The Hall–Kier alpha value is -2.17. The molecule has 0 aromatic heterocycles. The van der Waals surface area contributed by atoms with E-state index in [2.05, 4.69) is 15.8 Å². The number of benzene rings is 1. The van der Waals surface area contributed by atoms with Crippen molar-refractivity contribution in [1.82, 2.24) is 5.32 Å². The van der Waals surface area contributed by atoms with Gasteiger partial charge in [0.25, 0.3) is 5.91 Å². The molecular weight excluding hydrogens is 230 g/mol. The van der Waals surface area contributed by atoms with Crippen molar-refractivity contribution in [1.29, 1.82) is 0 Å². The maximum atomic E-state index is 11.4. The van der Waals surface area contributed by atoms with Crippen LogP contribution < -0.4 is 10.7 Å². The summed E-state index contributed by atoms with van der Waals surface area (Å²) in [5.74, 6) is -0.0892. The van der Waals surface area contributed by atoms with E-state index in [1.807, 2.05) is 0 Å². The standard InChI is InChI=1S/C13H15N3O2/c1-9(17)10-4-6-11(7-5-10)15-16-12-3-2-8-14-13(12)18/h4-7,15H,2-3,8H2,1H3,(H,14,18)/b16-12+. The van der Waals surface area contributed by atoms with Gasteiger partial charge in [-0.2, -0.15) is 5.10 Å². The molecule has 2 N–H and O–H groups in total. The largest absolute Gasteiger partial charge is 0.351 e. The van der Waals surface area contributed by atoms with Crippen LogP contribution in [0.5, 0.6) is 0 Å². The number of amides is 1. The lowest BCUT2D eigenvalue weighted by molar-refractivity contribution is -0.115. The summed E-state index contributed by atoms with van der Waals surface area (Å²) in [4.78, 5) is 22.5. The summed E-state index contributed by atoms with van der Waals surface area (Å²) in [6.07, 6.45) is 1.60. The number of hydrazone groups is 1. The van der Waals surface area contributed by atoms with Gasteiger partial charge in [0.1, 0.15) is 5.71 Å². The fraction of sp³-hybridized carbons (Fsp3) is 0.308. The fourth-order valence-corrected chi connectivity index (χ4v) is 1.69. The highest BCUT2D eigenvalue weighted by atomic mass is 16.2. The highest BCUT2D eigenvalue weighted by molar-refractivity contribution is 6.39. The molecule has 1 amide bonds. The molecule has 0 unspecified atom stereocenters. The molecule has 1 aliphatic rings. The van der Waals surface area contributed by atoms with Crippen molar-refractivity contribution in [2.45, 2.75) is 19.8 Å². The molecule has 0 atom stereocenters. The molecule has 0 aliphatic carbocycles. The first kappa shape index (κ1) is 12.3. The molecule has 18 heavy (non-hydrogen) atoms. The Morgan fingerprint density at radius 1 is 1.33 bits per heavy atom. The summed E-state index contributed by atoms with van der Waals surface area (Å²) in [6.45, 7) is 2.24. The first-order valence-electron chi connectivity index (χ1n) is 5.88. The molecule has 1 heterocycles. The van der Waals surface area contributed by atoms with Crippen molar-refractivity contribution in [3.63, 3.8) is 0 Å². The van der Waals surface area contributed by atoms with Gasteiger partial charge in [-0.15, -0.1) is 0 Å². The summed E-state index contributed by atoms with van der Waals surface area (Å²) in [7, 11) is 0. The van der Waals surface area contributed by atoms with Gasteiger partial charge in [-0.1, -0.05) is 0 Å². The molecule has 0 radical (unpaired) electrons. The summed E-state index contributed by atoms with van der Waals surface area (Å²) in [5, 5.41) is 6.82. The molecule has 94 valence electrons. The number of carbonyl (C=O) groups excluding carboxylic acids is 2. The number of ketones is 1. The molecule has 1 saturated heterocycles. The number of hydrogen-bond donors (Lipinski definition) is 2. The van der Waals surface area contributed by atoms with Crippen LogP contribution in [-0.2, 0) is 4.79 Å². The maximum Gasteiger partial charge on any atom is 0.267 e. The van der Waals surface area contributed by atoms with Crippen molar-refractivity contribution in [2.75, 3.05) is 12.0 Å². The molecule has 1 aromatic rings. The zero-order valence-corrected chi connectivity index (χ0v) is 10.2. The topological polar surface area (TPSA) is 70.6 Å². The molecule has 1 aromatic carbocycles. The highest BCUT2D eigenvalue weighted by Crippen LogP contribution is 2.10. The number of carbonyl (C=O) groups is 2. The highest BCUT2D eigenvalue weighted by Gasteiger charge is 2.15. The molecule has 2 rings (SSSR count). The van der Waals surface area contributed by atoms with E-state index in [-0.39, 0.29) is 11.7 Å². The van der Waals surface area contributed by atoms with E-state index in [0.29, 0.717) is 24.2 Å². The van der Waals surface area contributed by atoms with Gasteiger partial charge in [0.15, 0.2) is 5.78 Å². The number of nitrogens with one attached hydrogen (secondary N) is 2. The Balaban J connectivity index is 2.03. The van der Waals surface area contributed by atoms with E-state index in [1.165, 1.54) is 6.92 Å². The van der Waals surface area contributed by atoms with Crippen LogP contribution in [0, 0.1) is 0 Å². The number of Topliss-reactive ketones (excluding diaryl/α,β-unsaturated/α-hetero) is 1. The van der Waals surface area contributed by atoms with Gasteiger partial charge in [0.2, 0.25) is 0 Å². The average molecular weight is 245 g/mol. The fourth-order valence-electron chi connectivity index (χ4n) is 1.69. The molecule has 1 fully saturated rings. The number of piperidine rings is 1. The van der Waals surface area contributed by atoms with Crippen molar-refractivity contribution < 1.29 is 9.59 Å². The predicted molar refractivity (Wildman–Crippen MR) is 69.7 cm³/mol. The lowest BCUT2D eigenvalue weighted by Crippen LogP contribution is -2.37. The summed E-state index contributed by atoms with van der Waals surface area (Å²) >= 11 is 0. The van der Waals surface area contributed by atoms with Crippen LogP contribution in [-0.4, -0.2) is 23.9 Å². The normalized spacial score (nSPS) is 17.4. The lowest BCUT2D eigenvalue weighted by Gasteiger charge is -2.13. The van der Waals surface area contributed by atoms with Crippen LogP contribution in [0.25, 0.3) is 0 Å². The molecule has 5 nitrogen and oxygen atoms in total. The Morgan fingerprint density at radius 3 is 2.67 bits per heavy atom. The van der Waals surface area contributed by atoms with Gasteiger partial charge in [0.05, 0.1) is 5.69 Å². The van der Waals surface area contributed by atoms with Crippen LogP contribution in [0.1, 0.15) is 30.1 Å². The van der Waals surface area contributed by atoms with Crippen LogP contribution in [0.3, 0.4) is 0 Å². The van der Waals surface area contributed by atoms with Crippen LogP contribution in [0.4, 0.5) is 5.69 Å². The molecule has 0 bridgehead atoms. The molecule has 1 aliphatic heterocycles. The number of anilines is 1. The van der Waals surface area contributed by atoms with Crippen LogP contribution in [0.2, 0.25) is 0 Å². The van der Waals surface area contributed by atoms with E-state index in [0.717, 1.165) is 12.1 Å². The summed E-state index contributed by atoms with van der Waals surface area (Å²) < 4.78 is 0. The van der Waals surface area contributed by atoms with Gasteiger partial charge in [-0.05, 0) is 44.0 Å². The second-order valence-electron chi connectivity index (χ2n) is 4.16. The number of hydrogen-bond acceptors (Lipinski definition) is 4. The second kappa shape index (κ2) is 5.44. The molecular formula is C13H15N3O2. The van der Waals surface area contributed by atoms with Gasteiger partial charge >= 0.3 is 0 Å². The quantitative estimate of drug-likeness (QED) is 0.627. The van der Waals surface area contributed by atoms with Gasteiger partial charge in [-0.3, -0.25) is 15.0 Å². The molecule has 0 saturated carbocycles. The van der Waals surface area contributed by atoms with Crippen molar-refractivity contribution in [3.05, 3.63) is 29.8 Å². The minimum atomic E-state index is -0.117. The minimum absolute atomic E-state index is 0.0273. The Morgan fingerprint density at radius 2 is 2.06 bits per heavy atom. The number of nitrogens with zero attached hydrogens (tertiary/aromatic N) is 1. The molecule has 0 spiro atoms. The summed E-state index contributed by atoms with van der Waals surface area (Å²) in [6, 6.07) is 6.99. The second-order valence-corrected chi connectivity index (χ2v) is 4.16. The zero-order valence-electron chi connectivity index (χ0n) is 10.2. The average Bonchev–Trinajstić information content (AvgIpc) is 2.38. The van der Waals surface area contributed by atoms with Gasteiger partial charge < -0.3 is 5.32 Å². The Labute approximate surface area is 105 Å². The van der Waals surface area contributed by atoms with Crippen molar-refractivity contribution in [2.24, 2.45) is 5.10 Å². The summed E-state index contributed by atoms with van der Waals surface area (Å²) in [5.41, 5.74) is 4.75. The van der Waals surface area contributed by atoms with Gasteiger partial charge in [0, 0.05) is 12.1 Å². The first-order valence-corrected chi connectivity index (χ1v) is 5.88. The van der Waals surface area contributed by atoms with E-state index >= 15 is 0 Å². The van der Waals surface area contributed by atoms with E-state index < -0.39 is 0 Å². The van der Waals surface area contributed by atoms with Gasteiger partial charge in [-0.25, -0.2) is 0 Å². The van der Waals surface area contributed by atoms with Crippen molar-refractivity contribution in [3.8, 4) is 0 Å².